The molecule has 1 fully saturated rings. The van der Waals surface area contributed by atoms with Gasteiger partial charge in [0.05, 0.1) is 9.26 Å². The molecule has 0 spiro atoms. The highest BCUT2D eigenvalue weighted by atomic mass is 127. The summed E-state index contributed by atoms with van der Waals surface area (Å²) in [6.07, 6.45) is 3.20. The molecule has 4 nitrogen and oxygen atoms in total. The van der Waals surface area contributed by atoms with Crippen LogP contribution < -0.4 is 5.32 Å². The molecular formula is C14H22IN3O. The molecule has 1 aliphatic carbocycles. The number of hydrogen-bond donors (Lipinski definition) is 1. The Hall–Kier alpha value is -0.430. The lowest BCUT2D eigenvalue weighted by Crippen LogP contribution is -2.39. The van der Waals surface area contributed by atoms with Gasteiger partial charge in [-0.2, -0.15) is 0 Å². The van der Waals surface area contributed by atoms with Crippen LogP contribution in [-0.2, 0) is 15.8 Å². The van der Waals surface area contributed by atoms with E-state index in [2.05, 4.69) is 53.7 Å². The number of aromatic nitrogens is 2. The molecule has 5 heteroatoms. The van der Waals surface area contributed by atoms with Crippen molar-refractivity contribution >= 4 is 28.4 Å². The van der Waals surface area contributed by atoms with Crippen LogP contribution >= 0.6 is 22.6 Å². The van der Waals surface area contributed by atoms with E-state index in [-0.39, 0.29) is 11.0 Å². The predicted octanol–water partition coefficient (Wildman–Crippen LogP) is 3.45. The number of nitrogens with one attached hydrogen (secondary N) is 1. The van der Waals surface area contributed by atoms with Crippen LogP contribution in [0.3, 0.4) is 0 Å². The Kier molecular flexibility index (Phi) is 4.07. The van der Waals surface area contributed by atoms with Crippen LogP contribution in [0.25, 0.3) is 0 Å². The minimum atomic E-state index is -0.268. The molecule has 0 aliphatic heterocycles. The molecule has 1 saturated carbocycles. The molecule has 1 N–H and O–H groups in total. The number of methoxy groups -OCH3 is 1. The Bertz CT molecular complexity index is 473. The van der Waals surface area contributed by atoms with Crippen LogP contribution in [0.15, 0.2) is 0 Å². The maximum Gasteiger partial charge on any atom is 0.162 e. The molecule has 1 aliphatic rings. The van der Waals surface area contributed by atoms with E-state index in [1.54, 1.807) is 7.11 Å². The molecule has 0 amide bonds. The molecule has 1 aromatic rings. The van der Waals surface area contributed by atoms with Gasteiger partial charge in [0.25, 0.3) is 0 Å². The molecule has 0 unspecified atom stereocenters. The Balaban J connectivity index is 2.57. The first-order valence-corrected chi connectivity index (χ1v) is 7.73. The van der Waals surface area contributed by atoms with Crippen LogP contribution in [0.2, 0.25) is 0 Å². The number of ether oxygens (including phenoxy) is 1. The van der Waals surface area contributed by atoms with E-state index in [9.17, 15) is 0 Å². The van der Waals surface area contributed by atoms with Gasteiger partial charge in [0, 0.05) is 19.6 Å². The van der Waals surface area contributed by atoms with Gasteiger partial charge in [-0.1, -0.05) is 20.8 Å². The SMILES string of the molecule is CNc1nc(C2(OC)CCC2)nc(C(C)(C)C)c1I. The maximum absolute atomic E-state index is 5.71. The summed E-state index contributed by atoms with van der Waals surface area (Å²) >= 11 is 2.32. The molecule has 19 heavy (non-hydrogen) atoms. The second-order valence-electron chi connectivity index (χ2n) is 6.11. The largest absolute Gasteiger partial charge is 0.372 e. The molecule has 0 radical (unpaired) electrons. The van der Waals surface area contributed by atoms with Gasteiger partial charge >= 0.3 is 0 Å². The van der Waals surface area contributed by atoms with Crippen LogP contribution in [0, 0.1) is 3.57 Å². The minimum absolute atomic E-state index is 0.00150. The highest BCUT2D eigenvalue weighted by Gasteiger charge is 2.43. The predicted molar refractivity (Wildman–Crippen MR) is 85.5 cm³/mol. The topological polar surface area (TPSA) is 47.0 Å². The molecular weight excluding hydrogens is 353 g/mol. The van der Waals surface area contributed by atoms with E-state index >= 15 is 0 Å². The zero-order valence-corrected chi connectivity index (χ0v) is 14.5. The zero-order valence-electron chi connectivity index (χ0n) is 12.3. The van der Waals surface area contributed by atoms with E-state index in [0.29, 0.717) is 0 Å². The van der Waals surface area contributed by atoms with Gasteiger partial charge in [-0.15, -0.1) is 0 Å². The fraction of sp³-hybridized carbons (Fsp3) is 0.714. The lowest BCUT2D eigenvalue weighted by molar-refractivity contribution is -0.0848. The van der Waals surface area contributed by atoms with Crippen molar-refractivity contribution < 1.29 is 4.74 Å². The first-order valence-electron chi connectivity index (χ1n) is 6.65. The lowest BCUT2D eigenvalue weighted by Gasteiger charge is -2.39. The van der Waals surface area contributed by atoms with E-state index in [0.717, 1.165) is 33.7 Å². The van der Waals surface area contributed by atoms with Crippen molar-refractivity contribution in [2.45, 2.75) is 51.0 Å². The van der Waals surface area contributed by atoms with E-state index < -0.39 is 0 Å². The number of rotatable bonds is 3. The van der Waals surface area contributed by atoms with E-state index in [1.165, 1.54) is 6.42 Å². The van der Waals surface area contributed by atoms with Crippen molar-refractivity contribution in [1.29, 1.82) is 0 Å². The summed E-state index contributed by atoms with van der Waals surface area (Å²) in [5.41, 5.74) is 0.819. The molecule has 0 atom stereocenters. The molecule has 0 bridgehead atoms. The summed E-state index contributed by atoms with van der Waals surface area (Å²) in [6.45, 7) is 6.54. The van der Waals surface area contributed by atoms with Gasteiger partial charge in [-0.05, 0) is 41.9 Å². The van der Waals surface area contributed by atoms with Crippen LogP contribution in [0.1, 0.15) is 51.6 Å². The van der Waals surface area contributed by atoms with Crippen molar-refractivity contribution in [3.05, 3.63) is 15.1 Å². The normalized spacial score (nSPS) is 18.0. The molecule has 0 saturated heterocycles. The standard InChI is InChI=1S/C14H22IN3O/c1-13(2,3)10-9(15)11(16-4)18-12(17-10)14(19-5)7-6-8-14/h6-8H2,1-5H3,(H,16,17,18). The van der Waals surface area contributed by atoms with Crippen molar-refractivity contribution in [1.82, 2.24) is 9.97 Å². The molecule has 1 heterocycles. The summed E-state index contributed by atoms with van der Waals surface area (Å²) in [5, 5.41) is 3.18. The fourth-order valence-electron chi connectivity index (χ4n) is 2.33. The van der Waals surface area contributed by atoms with Crippen LogP contribution in [0.4, 0.5) is 5.82 Å². The highest BCUT2D eigenvalue weighted by Crippen LogP contribution is 2.44. The van der Waals surface area contributed by atoms with Crippen molar-refractivity contribution in [2.24, 2.45) is 0 Å². The molecule has 2 rings (SSSR count). The Labute approximate surface area is 128 Å². The van der Waals surface area contributed by atoms with Gasteiger partial charge in [-0.25, -0.2) is 9.97 Å². The van der Waals surface area contributed by atoms with Crippen molar-refractivity contribution in [3.8, 4) is 0 Å². The third kappa shape index (κ3) is 2.59. The number of halogens is 1. The minimum Gasteiger partial charge on any atom is -0.372 e. The first kappa shape index (κ1) is 15.0. The second kappa shape index (κ2) is 5.16. The summed E-state index contributed by atoms with van der Waals surface area (Å²) in [4.78, 5) is 9.51. The Morgan fingerprint density at radius 1 is 1.26 bits per heavy atom. The maximum atomic E-state index is 5.71. The van der Waals surface area contributed by atoms with Gasteiger partial charge in [-0.3, -0.25) is 0 Å². The fourth-order valence-corrected chi connectivity index (χ4v) is 3.65. The van der Waals surface area contributed by atoms with Crippen molar-refractivity contribution in [2.75, 3.05) is 19.5 Å². The number of anilines is 1. The smallest absolute Gasteiger partial charge is 0.162 e. The average molecular weight is 375 g/mol. The second-order valence-corrected chi connectivity index (χ2v) is 7.19. The summed E-state index contributed by atoms with van der Waals surface area (Å²) < 4.78 is 6.81. The molecule has 0 aromatic carbocycles. The van der Waals surface area contributed by atoms with Gasteiger partial charge in [0.1, 0.15) is 11.4 Å². The first-order chi connectivity index (χ1) is 8.84. The number of nitrogens with zero attached hydrogens (tertiary/aromatic N) is 2. The van der Waals surface area contributed by atoms with Gasteiger partial charge in [0.2, 0.25) is 0 Å². The zero-order chi connectivity index (χ0) is 14.3. The Morgan fingerprint density at radius 3 is 2.26 bits per heavy atom. The monoisotopic (exact) mass is 375 g/mol. The highest BCUT2D eigenvalue weighted by molar-refractivity contribution is 14.1. The summed E-state index contributed by atoms with van der Waals surface area (Å²) in [7, 11) is 3.66. The van der Waals surface area contributed by atoms with Gasteiger partial charge in [0.15, 0.2) is 5.82 Å². The average Bonchev–Trinajstić information content (AvgIpc) is 2.28. The molecule has 1 aromatic heterocycles. The Morgan fingerprint density at radius 2 is 1.89 bits per heavy atom. The summed E-state index contributed by atoms with van der Waals surface area (Å²) in [6, 6.07) is 0. The van der Waals surface area contributed by atoms with Crippen molar-refractivity contribution in [3.63, 3.8) is 0 Å². The van der Waals surface area contributed by atoms with E-state index in [1.807, 2.05) is 7.05 Å². The third-order valence-electron chi connectivity index (χ3n) is 3.76. The number of hydrogen-bond acceptors (Lipinski definition) is 4. The third-order valence-corrected chi connectivity index (χ3v) is 4.78. The van der Waals surface area contributed by atoms with E-state index in [4.69, 9.17) is 9.72 Å². The molecule has 106 valence electrons. The lowest BCUT2D eigenvalue weighted by atomic mass is 9.79. The summed E-state index contributed by atoms with van der Waals surface area (Å²) in [5.74, 6) is 1.73. The van der Waals surface area contributed by atoms with Crippen LogP contribution in [0.5, 0.6) is 0 Å². The van der Waals surface area contributed by atoms with Gasteiger partial charge < -0.3 is 10.1 Å². The quantitative estimate of drug-likeness (QED) is 0.823. The van der Waals surface area contributed by atoms with Crippen LogP contribution in [-0.4, -0.2) is 24.1 Å².